The quantitative estimate of drug-likeness (QED) is 0.908. The summed E-state index contributed by atoms with van der Waals surface area (Å²) in [4.78, 5) is 12.2. The number of carbonyl (C=O) groups excluding carboxylic acids is 1. The third-order valence-corrected chi connectivity index (χ3v) is 3.51. The van der Waals surface area contributed by atoms with Crippen molar-refractivity contribution in [2.75, 3.05) is 11.9 Å². The van der Waals surface area contributed by atoms with Gasteiger partial charge in [-0.3, -0.25) is 4.79 Å². The Kier molecular flexibility index (Phi) is 4.71. The van der Waals surface area contributed by atoms with Crippen LogP contribution in [0.2, 0.25) is 5.02 Å². The molecule has 0 aromatic heterocycles. The van der Waals surface area contributed by atoms with Crippen molar-refractivity contribution in [1.29, 1.82) is 0 Å². The molecule has 3 rings (SSSR count). The summed E-state index contributed by atoms with van der Waals surface area (Å²) >= 11 is 5.84. The Morgan fingerprint density at radius 2 is 2.00 bits per heavy atom. The van der Waals surface area contributed by atoms with Crippen molar-refractivity contribution in [1.82, 2.24) is 0 Å². The van der Waals surface area contributed by atoms with Gasteiger partial charge in [0, 0.05) is 5.69 Å². The van der Waals surface area contributed by atoms with Crippen LogP contribution >= 0.6 is 11.6 Å². The number of nitrogens with one attached hydrogen (secondary N) is 1. The molecule has 2 aromatic carbocycles. The van der Waals surface area contributed by atoms with Crippen LogP contribution in [0.1, 0.15) is 0 Å². The van der Waals surface area contributed by atoms with Gasteiger partial charge in [0.25, 0.3) is 5.91 Å². The van der Waals surface area contributed by atoms with Crippen molar-refractivity contribution in [2.45, 2.75) is 12.7 Å². The van der Waals surface area contributed by atoms with Crippen LogP contribution in [0.5, 0.6) is 17.2 Å². The van der Waals surface area contributed by atoms with Crippen molar-refractivity contribution in [3.8, 4) is 17.2 Å². The molecule has 0 radical (unpaired) electrons. The third kappa shape index (κ3) is 3.68. The monoisotopic (exact) mass is 355 g/mol. The third-order valence-electron chi connectivity index (χ3n) is 3.22. The van der Waals surface area contributed by atoms with E-state index in [0.29, 0.717) is 17.2 Å². The average molecular weight is 356 g/mol. The normalized spacial score (nSPS) is 15.9. The topological polar surface area (TPSA) is 56.8 Å². The van der Waals surface area contributed by atoms with Crippen LogP contribution in [-0.2, 0) is 4.79 Å². The van der Waals surface area contributed by atoms with Crippen molar-refractivity contribution >= 4 is 23.2 Å². The van der Waals surface area contributed by atoms with E-state index in [2.05, 4.69) is 10.1 Å². The molecule has 0 bridgehead atoms. The van der Waals surface area contributed by atoms with Gasteiger partial charge in [-0.05, 0) is 30.3 Å². The van der Waals surface area contributed by atoms with Gasteiger partial charge in [0.05, 0.1) is 5.02 Å². The molecule has 5 nitrogen and oxygen atoms in total. The van der Waals surface area contributed by atoms with Gasteiger partial charge in [0.2, 0.25) is 6.10 Å². The molecule has 0 saturated heterocycles. The predicted octanol–water partition coefficient (Wildman–Crippen LogP) is 3.72. The first-order valence-electron chi connectivity index (χ1n) is 6.96. The lowest BCUT2D eigenvalue weighted by Crippen LogP contribution is -2.40. The molecule has 1 heterocycles. The van der Waals surface area contributed by atoms with Gasteiger partial charge in [-0.2, -0.15) is 8.78 Å². The number of alkyl halides is 2. The van der Waals surface area contributed by atoms with Crippen molar-refractivity contribution in [2.24, 2.45) is 0 Å². The van der Waals surface area contributed by atoms with E-state index in [1.807, 2.05) is 0 Å². The number of halogens is 3. The zero-order chi connectivity index (χ0) is 17.1. The first-order valence-corrected chi connectivity index (χ1v) is 7.34. The maximum absolute atomic E-state index is 12.2. The van der Waals surface area contributed by atoms with Crippen LogP contribution in [-0.4, -0.2) is 25.2 Å². The highest BCUT2D eigenvalue weighted by molar-refractivity contribution is 6.32. The number of para-hydroxylation sites is 2. The number of amides is 1. The number of hydrogen-bond donors (Lipinski definition) is 1. The molecule has 1 aliphatic heterocycles. The molecule has 0 unspecified atom stereocenters. The summed E-state index contributed by atoms with van der Waals surface area (Å²) in [5.41, 5.74) is 0.328. The second kappa shape index (κ2) is 6.92. The minimum atomic E-state index is -2.98. The predicted molar refractivity (Wildman–Crippen MR) is 83.1 cm³/mol. The number of benzene rings is 2. The standard InChI is InChI=1S/C16H12ClF2NO4/c17-10-7-9(5-6-11(10)24-16(18)19)20-15(21)14-8-22-12-3-1-2-4-13(12)23-14/h1-7,14,16H,8H2,(H,20,21)/t14-/m1/s1. The summed E-state index contributed by atoms with van der Waals surface area (Å²) in [6.07, 6.45) is -0.837. The zero-order valence-corrected chi connectivity index (χ0v) is 12.9. The van der Waals surface area contributed by atoms with Gasteiger partial charge in [0.1, 0.15) is 12.4 Å². The smallest absolute Gasteiger partial charge is 0.387 e. The number of fused-ring (bicyclic) bond motifs is 1. The van der Waals surface area contributed by atoms with Gasteiger partial charge in [-0.1, -0.05) is 23.7 Å². The molecule has 126 valence electrons. The first kappa shape index (κ1) is 16.3. The molecule has 8 heteroatoms. The highest BCUT2D eigenvalue weighted by Crippen LogP contribution is 2.32. The summed E-state index contributed by atoms with van der Waals surface area (Å²) in [5, 5.41) is 2.55. The molecule has 1 amide bonds. The highest BCUT2D eigenvalue weighted by Gasteiger charge is 2.27. The Morgan fingerprint density at radius 3 is 2.71 bits per heavy atom. The lowest BCUT2D eigenvalue weighted by atomic mass is 10.2. The summed E-state index contributed by atoms with van der Waals surface area (Å²) in [5.74, 6) is 0.430. The minimum Gasteiger partial charge on any atom is -0.485 e. The first-order chi connectivity index (χ1) is 11.5. The Labute approximate surface area is 141 Å². The van der Waals surface area contributed by atoms with E-state index in [-0.39, 0.29) is 17.4 Å². The van der Waals surface area contributed by atoms with E-state index < -0.39 is 18.6 Å². The molecule has 0 fully saturated rings. The van der Waals surface area contributed by atoms with Crippen LogP contribution in [0.15, 0.2) is 42.5 Å². The molecule has 24 heavy (non-hydrogen) atoms. The molecule has 0 saturated carbocycles. The summed E-state index contributed by atoms with van der Waals surface area (Å²) in [6, 6.07) is 11.0. The summed E-state index contributed by atoms with van der Waals surface area (Å²) in [7, 11) is 0. The Morgan fingerprint density at radius 1 is 1.25 bits per heavy atom. The van der Waals surface area contributed by atoms with E-state index in [0.717, 1.165) is 0 Å². The van der Waals surface area contributed by atoms with Crippen LogP contribution in [0.25, 0.3) is 0 Å². The fraction of sp³-hybridized carbons (Fsp3) is 0.188. The Bertz CT molecular complexity index is 757. The molecule has 1 N–H and O–H groups in total. The number of carbonyl (C=O) groups is 1. The number of hydrogen-bond acceptors (Lipinski definition) is 4. The van der Waals surface area contributed by atoms with E-state index >= 15 is 0 Å². The SMILES string of the molecule is O=C(Nc1ccc(OC(F)F)c(Cl)c1)[C@H]1COc2ccccc2O1. The summed E-state index contributed by atoms with van der Waals surface area (Å²) < 4.78 is 39.7. The largest absolute Gasteiger partial charge is 0.485 e. The van der Waals surface area contributed by atoms with Crippen LogP contribution in [0, 0.1) is 0 Å². The van der Waals surface area contributed by atoms with E-state index in [4.69, 9.17) is 21.1 Å². The molecular weight excluding hydrogens is 344 g/mol. The average Bonchev–Trinajstić information content (AvgIpc) is 2.56. The maximum Gasteiger partial charge on any atom is 0.387 e. The van der Waals surface area contributed by atoms with Gasteiger partial charge in [0.15, 0.2) is 11.5 Å². The van der Waals surface area contributed by atoms with Gasteiger partial charge < -0.3 is 19.5 Å². The lowest BCUT2D eigenvalue weighted by Gasteiger charge is -2.25. The van der Waals surface area contributed by atoms with Crippen LogP contribution in [0.3, 0.4) is 0 Å². The molecule has 1 aliphatic rings. The minimum absolute atomic E-state index is 0.0424. The van der Waals surface area contributed by atoms with Crippen LogP contribution in [0.4, 0.5) is 14.5 Å². The van der Waals surface area contributed by atoms with Crippen molar-refractivity contribution in [3.05, 3.63) is 47.5 Å². The van der Waals surface area contributed by atoms with E-state index in [1.54, 1.807) is 24.3 Å². The molecule has 0 aliphatic carbocycles. The Balaban J connectivity index is 1.66. The highest BCUT2D eigenvalue weighted by atomic mass is 35.5. The second-order valence-corrected chi connectivity index (χ2v) is 5.28. The van der Waals surface area contributed by atoms with E-state index in [1.165, 1.54) is 18.2 Å². The number of ether oxygens (including phenoxy) is 3. The molecule has 2 aromatic rings. The molecule has 0 spiro atoms. The van der Waals surface area contributed by atoms with Gasteiger partial charge >= 0.3 is 6.61 Å². The van der Waals surface area contributed by atoms with Crippen molar-refractivity contribution in [3.63, 3.8) is 0 Å². The fourth-order valence-corrected chi connectivity index (χ4v) is 2.37. The summed E-state index contributed by atoms with van der Waals surface area (Å²) in [6.45, 7) is -2.92. The fourth-order valence-electron chi connectivity index (χ4n) is 2.14. The van der Waals surface area contributed by atoms with Gasteiger partial charge in [-0.15, -0.1) is 0 Å². The number of rotatable bonds is 4. The van der Waals surface area contributed by atoms with E-state index in [9.17, 15) is 13.6 Å². The molecular formula is C16H12ClF2NO4. The Hall–Kier alpha value is -2.54. The lowest BCUT2D eigenvalue weighted by molar-refractivity contribution is -0.125. The van der Waals surface area contributed by atoms with Gasteiger partial charge in [-0.25, -0.2) is 0 Å². The molecule has 1 atom stereocenters. The zero-order valence-electron chi connectivity index (χ0n) is 12.2. The maximum atomic E-state index is 12.2. The second-order valence-electron chi connectivity index (χ2n) is 4.88. The van der Waals surface area contributed by atoms with Crippen molar-refractivity contribution < 1.29 is 27.8 Å². The van der Waals surface area contributed by atoms with Crippen LogP contribution < -0.4 is 19.5 Å². The number of anilines is 1.